The number of fused-ring (bicyclic) bond motifs is 3. The minimum absolute atomic E-state index is 1.18. The monoisotopic (exact) mass is 471 g/mol. The Morgan fingerprint density at radius 2 is 1.00 bits per heavy atom. The first kappa shape index (κ1) is 21.5. The highest BCUT2D eigenvalue weighted by Gasteiger charge is 2.16. The molecule has 0 saturated heterocycles. The minimum Gasteiger partial charge on any atom is -0.264 e. The van der Waals surface area contributed by atoms with E-state index in [4.69, 9.17) is 0 Å². The third kappa shape index (κ3) is 3.59. The first-order valence-electron chi connectivity index (χ1n) is 12.7. The lowest BCUT2D eigenvalue weighted by atomic mass is 9.85. The summed E-state index contributed by atoms with van der Waals surface area (Å²) in [6.07, 6.45) is 3.82. The molecule has 0 aliphatic rings. The molecule has 0 atom stereocenters. The van der Waals surface area contributed by atoms with Gasteiger partial charge in [-0.15, -0.1) is 0 Å². The average Bonchev–Trinajstić information content (AvgIpc) is 2.96. The number of nitrogens with zero attached hydrogens (tertiary/aromatic N) is 1. The summed E-state index contributed by atoms with van der Waals surface area (Å²) < 4.78 is 0. The Labute approximate surface area is 216 Å². The predicted octanol–water partition coefficient (Wildman–Crippen LogP) is 9.85. The van der Waals surface area contributed by atoms with E-state index in [1.807, 2.05) is 12.4 Å². The van der Waals surface area contributed by atoms with Crippen LogP contribution in [0, 0.1) is 6.92 Å². The van der Waals surface area contributed by atoms with Gasteiger partial charge in [-0.25, -0.2) is 0 Å². The van der Waals surface area contributed by atoms with Gasteiger partial charge in [-0.3, -0.25) is 4.98 Å². The maximum absolute atomic E-state index is 4.37. The number of aryl methyl sites for hydroxylation is 1. The fraction of sp³-hybridized carbons (Fsp3) is 0.0278. The second-order valence-electron chi connectivity index (χ2n) is 9.67. The van der Waals surface area contributed by atoms with Crippen LogP contribution in [0.3, 0.4) is 0 Å². The van der Waals surface area contributed by atoms with E-state index in [1.165, 1.54) is 71.3 Å². The van der Waals surface area contributed by atoms with Gasteiger partial charge in [0, 0.05) is 18.0 Å². The van der Waals surface area contributed by atoms with Crippen LogP contribution < -0.4 is 0 Å². The molecule has 0 bridgehead atoms. The molecule has 0 saturated carbocycles. The SMILES string of the molecule is Cc1ccncc1-c1ccc2ccc(-c3c4ccccc4c(-c4ccccc4)c4ccccc34)cc2c1. The molecule has 0 amide bonds. The molecule has 1 heterocycles. The van der Waals surface area contributed by atoms with Gasteiger partial charge in [-0.1, -0.05) is 103 Å². The van der Waals surface area contributed by atoms with E-state index in [2.05, 4.69) is 133 Å². The summed E-state index contributed by atoms with van der Waals surface area (Å²) in [6.45, 7) is 2.14. The van der Waals surface area contributed by atoms with Crippen LogP contribution in [0.5, 0.6) is 0 Å². The smallest absolute Gasteiger partial charge is 0.0349 e. The van der Waals surface area contributed by atoms with Crippen LogP contribution in [0.1, 0.15) is 5.56 Å². The molecular weight excluding hydrogens is 446 g/mol. The van der Waals surface area contributed by atoms with Crippen LogP contribution in [-0.4, -0.2) is 4.98 Å². The van der Waals surface area contributed by atoms with Crippen molar-refractivity contribution in [2.24, 2.45) is 0 Å². The van der Waals surface area contributed by atoms with Gasteiger partial charge in [-0.05, 0) is 90.8 Å². The molecular formula is C36H25N. The normalized spacial score (nSPS) is 11.4. The van der Waals surface area contributed by atoms with Crippen LogP contribution in [0.2, 0.25) is 0 Å². The molecule has 6 aromatic carbocycles. The molecule has 0 fully saturated rings. The highest BCUT2D eigenvalue weighted by atomic mass is 14.6. The van der Waals surface area contributed by atoms with E-state index < -0.39 is 0 Å². The fourth-order valence-corrected chi connectivity index (χ4v) is 5.69. The summed E-state index contributed by atoms with van der Waals surface area (Å²) in [4.78, 5) is 4.37. The van der Waals surface area contributed by atoms with E-state index in [9.17, 15) is 0 Å². The number of hydrogen-bond acceptors (Lipinski definition) is 1. The van der Waals surface area contributed by atoms with E-state index in [0.29, 0.717) is 0 Å². The molecule has 7 aromatic rings. The molecule has 0 unspecified atom stereocenters. The van der Waals surface area contributed by atoms with Crippen molar-refractivity contribution in [2.75, 3.05) is 0 Å². The molecule has 1 aromatic heterocycles. The van der Waals surface area contributed by atoms with E-state index in [0.717, 1.165) is 0 Å². The highest BCUT2D eigenvalue weighted by Crippen LogP contribution is 2.44. The first-order chi connectivity index (χ1) is 18.3. The molecule has 37 heavy (non-hydrogen) atoms. The lowest BCUT2D eigenvalue weighted by molar-refractivity contribution is 1.29. The maximum atomic E-state index is 4.37. The van der Waals surface area contributed by atoms with Crippen molar-refractivity contribution in [2.45, 2.75) is 6.92 Å². The van der Waals surface area contributed by atoms with Crippen LogP contribution in [0.15, 0.2) is 134 Å². The summed E-state index contributed by atoms with van der Waals surface area (Å²) in [5.41, 5.74) is 8.68. The highest BCUT2D eigenvalue weighted by molar-refractivity contribution is 6.21. The summed E-state index contributed by atoms with van der Waals surface area (Å²) in [5.74, 6) is 0. The number of benzene rings is 6. The van der Waals surface area contributed by atoms with Crippen molar-refractivity contribution >= 4 is 32.3 Å². The third-order valence-corrected chi connectivity index (χ3v) is 7.47. The van der Waals surface area contributed by atoms with E-state index >= 15 is 0 Å². The number of rotatable bonds is 3. The Balaban J connectivity index is 1.52. The Kier molecular flexibility index (Phi) is 5.08. The van der Waals surface area contributed by atoms with Gasteiger partial charge >= 0.3 is 0 Å². The van der Waals surface area contributed by atoms with E-state index in [-0.39, 0.29) is 0 Å². The number of aromatic nitrogens is 1. The van der Waals surface area contributed by atoms with Crippen LogP contribution in [0.4, 0.5) is 0 Å². The Morgan fingerprint density at radius 1 is 0.459 bits per heavy atom. The van der Waals surface area contributed by atoms with Crippen molar-refractivity contribution in [3.05, 3.63) is 139 Å². The Bertz CT molecular complexity index is 1880. The van der Waals surface area contributed by atoms with Gasteiger partial charge in [0.25, 0.3) is 0 Å². The number of hydrogen-bond donors (Lipinski definition) is 0. The van der Waals surface area contributed by atoms with Crippen LogP contribution >= 0.6 is 0 Å². The molecule has 0 aliphatic heterocycles. The molecule has 7 rings (SSSR count). The number of pyridine rings is 1. The van der Waals surface area contributed by atoms with Crippen LogP contribution in [-0.2, 0) is 0 Å². The van der Waals surface area contributed by atoms with Crippen molar-refractivity contribution in [3.8, 4) is 33.4 Å². The summed E-state index contributed by atoms with van der Waals surface area (Å²) >= 11 is 0. The van der Waals surface area contributed by atoms with Gasteiger partial charge in [0.15, 0.2) is 0 Å². The lowest BCUT2D eigenvalue weighted by Crippen LogP contribution is -1.91. The summed E-state index contributed by atoms with van der Waals surface area (Å²) in [7, 11) is 0. The zero-order chi connectivity index (χ0) is 24.8. The minimum atomic E-state index is 1.18. The Hall–Kier alpha value is -4.75. The topological polar surface area (TPSA) is 12.9 Å². The second kappa shape index (κ2) is 8.72. The van der Waals surface area contributed by atoms with Gasteiger partial charge < -0.3 is 0 Å². The molecule has 0 radical (unpaired) electrons. The van der Waals surface area contributed by atoms with Crippen molar-refractivity contribution in [1.29, 1.82) is 0 Å². The maximum Gasteiger partial charge on any atom is 0.0349 e. The standard InChI is InChI=1S/C36H25N/c1-24-19-20-37-23-34(24)27-17-15-25-16-18-28(22-29(25)21-27)36-32-13-7-5-11-30(32)35(26-9-3-2-4-10-26)31-12-6-8-14-33(31)36/h2-23H,1H3. The van der Waals surface area contributed by atoms with Gasteiger partial charge in [0.2, 0.25) is 0 Å². The second-order valence-corrected chi connectivity index (χ2v) is 9.67. The Morgan fingerprint density at radius 3 is 1.62 bits per heavy atom. The van der Waals surface area contributed by atoms with Crippen molar-refractivity contribution in [3.63, 3.8) is 0 Å². The molecule has 0 spiro atoms. The van der Waals surface area contributed by atoms with E-state index in [1.54, 1.807) is 0 Å². The molecule has 0 aliphatic carbocycles. The fourth-order valence-electron chi connectivity index (χ4n) is 5.69. The molecule has 1 heteroatoms. The molecule has 1 nitrogen and oxygen atoms in total. The zero-order valence-electron chi connectivity index (χ0n) is 20.6. The summed E-state index contributed by atoms with van der Waals surface area (Å²) in [6, 6.07) is 44.1. The quantitative estimate of drug-likeness (QED) is 0.234. The average molecular weight is 472 g/mol. The molecule has 174 valence electrons. The molecule has 0 N–H and O–H groups in total. The zero-order valence-corrected chi connectivity index (χ0v) is 20.6. The predicted molar refractivity (Wildman–Crippen MR) is 158 cm³/mol. The van der Waals surface area contributed by atoms with Gasteiger partial charge in [0.1, 0.15) is 0 Å². The van der Waals surface area contributed by atoms with Crippen LogP contribution in [0.25, 0.3) is 65.7 Å². The first-order valence-corrected chi connectivity index (χ1v) is 12.7. The third-order valence-electron chi connectivity index (χ3n) is 7.47. The largest absolute Gasteiger partial charge is 0.264 e. The lowest BCUT2D eigenvalue weighted by Gasteiger charge is -2.18. The van der Waals surface area contributed by atoms with Gasteiger partial charge in [-0.2, -0.15) is 0 Å². The van der Waals surface area contributed by atoms with Gasteiger partial charge in [0.05, 0.1) is 0 Å². The summed E-state index contributed by atoms with van der Waals surface area (Å²) in [5, 5.41) is 7.59. The van der Waals surface area contributed by atoms with Crippen molar-refractivity contribution in [1.82, 2.24) is 4.98 Å². The van der Waals surface area contributed by atoms with Crippen molar-refractivity contribution < 1.29 is 0 Å².